The molecule has 2 fully saturated rings. The van der Waals surface area contributed by atoms with Crippen molar-refractivity contribution in [3.63, 3.8) is 0 Å². The molecule has 2 atom stereocenters. The summed E-state index contributed by atoms with van der Waals surface area (Å²) in [5, 5.41) is 0. The fourth-order valence-electron chi connectivity index (χ4n) is 5.31. The van der Waals surface area contributed by atoms with Crippen molar-refractivity contribution in [3.05, 3.63) is 47.7 Å². The lowest BCUT2D eigenvalue weighted by Gasteiger charge is -2.36. The third-order valence-corrected chi connectivity index (χ3v) is 6.78. The number of hydrogen-bond acceptors (Lipinski definition) is 3. The van der Waals surface area contributed by atoms with Gasteiger partial charge in [0.25, 0.3) is 0 Å². The summed E-state index contributed by atoms with van der Waals surface area (Å²) in [7, 11) is 0. The first kappa shape index (κ1) is 16.3. The van der Waals surface area contributed by atoms with Crippen LogP contribution in [0.2, 0.25) is 0 Å². The molecule has 3 aliphatic rings. The number of fused-ring (bicyclic) bond motifs is 4. The van der Waals surface area contributed by atoms with Crippen molar-refractivity contribution in [3.8, 4) is 11.1 Å². The summed E-state index contributed by atoms with van der Waals surface area (Å²) in [6, 6.07) is 13.4. The normalized spacial score (nSPS) is 25.3. The lowest BCUT2D eigenvalue weighted by Crippen LogP contribution is -2.46. The molecule has 5 rings (SSSR count). The molecule has 2 heterocycles. The van der Waals surface area contributed by atoms with E-state index in [0.717, 1.165) is 44.6 Å². The molecular formula is C23H29N3. The molecule has 1 aromatic carbocycles. The highest BCUT2D eigenvalue weighted by Crippen LogP contribution is 2.49. The Morgan fingerprint density at radius 2 is 1.85 bits per heavy atom. The largest absolute Gasteiger partial charge is 0.354 e. The SMILES string of the molecule is CCN1CCN(c2cc(-c3ccccc3)c3c(n2)CC2CCC3C2)CC1. The maximum atomic E-state index is 5.22. The van der Waals surface area contributed by atoms with Crippen molar-refractivity contribution in [2.45, 2.75) is 38.5 Å². The van der Waals surface area contributed by atoms with E-state index in [4.69, 9.17) is 4.98 Å². The first-order valence-electron chi connectivity index (χ1n) is 10.4. The van der Waals surface area contributed by atoms with Crippen LogP contribution in [0.4, 0.5) is 5.82 Å². The van der Waals surface area contributed by atoms with Gasteiger partial charge in [-0.25, -0.2) is 4.98 Å². The van der Waals surface area contributed by atoms with Crippen LogP contribution in [0.3, 0.4) is 0 Å². The highest BCUT2D eigenvalue weighted by atomic mass is 15.3. The Bertz CT molecular complexity index is 778. The van der Waals surface area contributed by atoms with Crippen LogP contribution < -0.4 is 4.90 Å². The second-order valence-electron chi connectivity index (χ2n) is 8.26. The number of anilines is 1. The van der Waals surface area contributed by atoms with E-state index in [1.54, 1.807) is 5.56 Å². The van der Waals surface area contributed by atoms with Crippen LogP contribution in [0.5, 0.6) is 0 Å². The number of hydrogen-bond donors (Lipinski definition) is 0. The lowest BCUT2D eigenvalue weighted by atomic mass is 9.81. The van der Waals surface area contributed by atoms with Crippen LogP contribution in [-0.4, -0.2) is 42.6 Å². The molecule has 0 spiro atoms. The Hall–Kier alpha value is -1.87. The quantitative estimate of drug-likeness (QED) is 0.824. The third kappa shape index (κ3) is 2.83. The fraction of sp³-hybridized carbons (Fsp3) is 0.522. The Morgan fingerprint density at radius 3 is 2.62 bits per heavy atom. The summed E-state index contributed by atoms with van der Waals surface area (Å²) >= 11 is 0. The van der Waals surface area contributed by atoms with Gasteiger partial charge >= 0.3 is 0 Å². The van der Waals surface area contributed by atoms with E-state index >= 15 is 0 Å². The Labute approximate surface area is 157 Å². The van der Waals surface area contributed by atoms with Crippen LogP contribution in [0, 0.1) is 5.92 Å². The van der Waals surface area contributed by atoms with Gasteiger partial charge in [0.15, 0.2) is 0 Å². The average Bonchev–Trinajstić information content (AvgIpc) is 3.09. The molecule has 2 unspecified atom stereocenters. The number of nitrogens with zero attached hydrogens (tertiary/aromatic N) is 3. The second-order valence-corrected chi connectivity index (χ2v) is 8.26. The van der Waals surface area contributed by atoms with Gasteiger partial charge in [0, 0.05) is 31.9 Å². The minimum absolute atomic E-state index is 0.734. The molecule has 0 amide bonds. The van der Waals surface area contributed by atoms with Crippen molar-refractivity contribution in [2.24, 2.45) is 5.92 Å². The van der Waals surface area contributed by atoms with Gasteiger partial charge in [0.05, 0.1) is 0 Å². The average molecular weight is 348 g/mol. The van der Waals surface area contributed by atoms with Gasteiger partial charge in [-0.05, 0) is 66.8 Å². The minimum Gasteiger partial charge on any atom is -0.354 e. The van der Waals surface area contributed by atoms with E-state index in [9.17, 15) is 0 Å². The molecule has 26 heavy (non-hydrogen) atoms. The molecule has 2 bridgehead atoms. The zero-order valence-corrected chi connectivity index (χ0v) is 15.8. The zero-order chi connectivity index (χ0) is 17.5. The van der Waals surface area contributed by atoms with E-state index in [1.165, 1.54) is 48.3 Å². The Balaban J connectivity index is 1.57. The highest BCUT2D eigenvalue weighted by molar-refractivity contribution is 5.73. The topological polar surface area (TPSA) is 19.4 Å². The Morgan fingerprint density at radius 1 is 1.04 bits per heavy atom. The summed E-state index contributed by atoms with van der Waals surface area (Å²) < 4.78 is 0. The Kier molecular flexibility index (Phi) is 4.20. The minimum atomic E-state index is 0.734. The van der Waals surface area contributed by atoms with E-state index in [0.29, 0.717) is 0 Å². The molecule has 2 aromatic rings. The van der Waals surface area contributed by atoms with Crippen LogP contribution in [0.25, 0.3) is 11.1 Å². The van der Waals surface area contributed by atoms with Gasteiger partial charge in [-0.15, -0.1) is 0 Å². The van der Waals surface area contributed by atoms with Gasteiger partial charge in [-0.1, -0.05) is 37.3 Å². The number of piperazine rings is 1. The van der Waals surface area contributed by atoms with E-state index < -0.39 is 0 Å². The number of benzene rings is 1. The third-order valence-electron chi connectivity index (χ3n) is 6.78. The molecular weight excluding hydrogens is 318 g/mol. The molecule has 1 aliphatic heterocycles. The van der Waals surface area contributed by atoms with Crippen LogP contribution in [-0.2, 0) is 6.42 Å². The molecule has 1 saturated heterocycles. The van der Waals surface area contributed by atoms with Crippen molar-refractivity contribution in [1.29, 1.82) is 0 Å². The molecule has 1 saturated carbocycles. The summed E-state index contributed by atoms with van der Waals surface area (Å²) in [6.45, 7) is 7.92. The number of aromatic nitrogens is 1. The molecule has 0 N–H and O–H groups in total. The first-order chi connectivity index (χ1) is 12.8. The van der Waals surface area contributed by atoms with E-state index in [-0.39, 0.29) is 0 Å². The summed E-state index contributed by atoms with van der Waals surface area (Å²) in [6.07, 6.45) is 5.31. The maximum Gasteiger partial charge on any atom is 0.129 e. The molecule has 3 nitrogen and oxygen atoms in total. The maximum absolute atomic E-state index is 5.22. The monoisotopic (exact) mass is 347 g/mol. The number of likely N-dealkylation sites (N-methyl/N-ethyl adjacent to an activating group) is 1. The van der Waals surface area contributed by atoms with Gasteiger partial charge in [0.2, 0.25) is 0 Å². The number of rotatable bonds is 3. The predicted octanol–water partition coefficient (Wildman–Crippen LogP) is 4.33. The highest BCUT2D eigenvalue weighted by Gasteiger charge is 2.36. The van der Waals surface area contributed by atoms with E-state index in [1.807, 2.05) is 0 Å². The van der Waals surface area contributed by atoms with Crippen molar-refractivity contribution in [2.75, 3.05) is 37.6 Å². The van der Waals surface area contributed by atoms with Gasteiger partial charge in [0.1, 0.15) is 5.82 Å². The van der Waals surface area contributed by atoms with Crippen molar-refractivity contribution in [1.82, 2.24) is 9.88 Å². The van der Waals surface area contributed by atoms with Gasteiger partial charge in [-0.3, -0.25) is 0 Å². The van der Waals surface area contributed by atoms with Gasteiger partial charge in [-0.2, -0.15) is 0 Å². The van der Waals surface area contributed by atoms with Crippen molar-refractivity contribution >= 4 is 5.82 Å². The summed E-state index contributed by atoms with van der Waals surface area (Å²) in [5.41, 5.74) is 5.79. The predicted molar refractivity (Wildman–Crippen MR) is 108 cm³/mol. The molecule has 2 aliphatic carbocycles. The molecule has 0 radical (unpaired) electrons. The van der Waals surface area contributed by atoms with Gasteiger partial charge < -0.3 is 9.80 Å². The van der Waals surface area contributed by atoms with E-state index in [2.05, 4.69) is 53.1 Å². The fourth-order valence-corrected chi connectivity index (χ4v) is 5.31. The molecule has 1 aromatic heterocycles. The number of pyridine rings is 1. The second kappa shape index (κ2) is 6.70. The van der Waals surface area contributed by atoms with Crippen LogP contribution in [0.1, 0.15) is 43.4 Å². The zero-order valence-electron chi connectivity index (χ0n) is 15.8. The molecule has 136 valence electrons. The smallest absolute Gasteiger partial charge is 0.129 e. The summed E-state index contributed by atoms with van der Waals surface area (Å²) in [4.78, 5) is 10.3. The van der Waals surface area contributed by atoms with Crippen LogP contribution >= 0.6 is 0 Å². The molecule has 3 heteroatoms. The summed E-state index contributed by atoms with van der Waals surface area (Å²) in [5.74, 6) is 2.81. The van der Waals surface area contributed by atoms with Crippen molar-refractivity contribution < 1.29 is 0 Å². The van der Waals surface area contributed by atoms with Crippen LogP contribution in [0.15, 0.2) is 36.4 Å². The lowest BCUT2D eigenvalue weighted by molar-refractivity contribution is 0.270. The first-order valence-corrected chi connectivity index (χ1v) is 10.4. The standard InChI is InChI=1S/C23H29N3/c1-2-25-10-12-26(13-11-25)22-16-20(18-6-4-3-5-7-18)23-19-9-8-17(14-19)15-21(23)24-22/h3-7,16-17,19H,2,8-15H2,1H3.